The van der Waals surface area contributed by atoms with Crippen molar-refractivity contribution < 1.29 is 0 Å². The summed E-state index contributed by atoms with van der Waals surface area (Å²) in [6, 6.07) is 3.69. The summed E-state index contributed by atoms with van der Waals surface area (Å²) in [5.41, 5.74) is 7.04. The van der Waals surface area contributed by atoms with Crippen LogP contribution >= 0.6 is 0 Å². The van der Waals surface area contributed by atoms with E-state index in [0.717, 1.165) is 24.5 Å². The maximum atomic E-state index is 12.2. The number of nitrogens with two attached hydrogens (primary N) is 1. The van der Waals surface area contributed by atoms with Crippen molar-refractivity contribution in [3.8, 4) is 0 Å². The van der Waals surface area contributed by atoms with Gasteiger partial charge in [-0.25, -0.2) is 9.67 Å². The van der Waals surface area contributed by atoms with Gasteiger partial charge in [0.15, 0.2) is 0 Å². The van der Waals surface area contributed by atoms with Crippen molar-refractivity contribution in [2.75, 3.05) is 0 Å². The standard InChI is InChI=1S/C13H19N5O/c1-3-6-18-12(15-9-16-18)8-17-10(2)4-5-11(7-14)13(17)19/h4-5,9H,3,6-8,14H2,1-2H3. The molecule has 2 N–H and O–H groups in total. The molecule has 0 radical (unpaired) electrons. The third kappa shape index (κ3) is 2.73. The Bertz CT molecular complexity index is 614. The molecule has 0 saturated carbocycles. The first-order valence-corrected chi connectivity index (χ1v) is 6.43. The zero-order valence-electron chi connectivity index (χ0n) is 11.3. The van der Waals surface area contributed by atoms with Crippen LogP contribution in [0.25, 0.3) is 0 Å². The molecule has 0 fully saturated rings. The number of nitrogens with zero attached hydrogens (tertiary/aromatic N) is 4. The summed E-state index contributed by atoms with van der Waals surface area (Å²) < 4.78 is 3.53. The van der Waals surface area contributed by atoms with Gasteiger partial charge in [0.2, 0.25) is 0 Å². The first-order chi connectivity index (χ1) is 9.17. The number of hydrogen-bond donors (Lipinski definition) is 1. The summed E-state index contributed by atoms with van der Waals surface area (Å²) in [4.78, 5) is 16.5. The van der Waals surface area contributed by atoms with Crippen molar-refractivity contribution in [3.63, 3.8) is 0 Å². The Kier molecular flexibility index (Phi) is 4.11. The van der Waals surface area contributed by atoms with Crippen LogP contribution in [0.2, 0.25) is 0 Å². The first-order valence-electron chi connectivity index (χ1n) is 6.43. The summed E-state index contributed by atoms with van der Waals surface area (Å²) in [7, 11) is 0. The number of hydrogen-bond acceptors (Lipinski definition) is 4. The van der Waals surface area contributed by atoms with Gasteiger partial charge in [0, 0.05) is 24.3 Å². The molecule has 0 aromatic carbocycles. The normalized spacial score (nSPS) is 10.9. The van der Waals surface area contributed by atoms with E-state index in [9.17, 15) is 4.79 Å². The summed E-state index contributed by atoms with van der Waals surface area (Å²) >= 11 is 0. The number of aryl methyl sites for hydroxylation is 2. The molecule has 19 heavy (non-hydrogen) atoms. The molecule has 0 aliphatic rings. The van der Waals surface area contributed by atoms with E-state index >= 15 is 0 Å². The maximum absolute atomic E-state index is 12.2. The highest BCUT2D eigenvalue weighted by Crippen LogP contribution is 2.03. The molecule has 2 rings (SSSR count). The van der Waals surface area contributed by atoms with Gasteiger partial charge in [-0.2, -0.15) is 5.10 Å². The summed E-state index contributed by atoms with van der Waals surface area (Å²) in [6.45, 7) is 5.47. The van der Waals surface area contributed by atoms with Gasteiger partial charge in [-0.05, 0) is 19.4 Å². The van der Waals surface area contributed by atoms with Gasteiger partial charge in [0.05, 0.1) is 6.54 Å². The molecular formula is C13H19N5O. The zero-order chi connectivity index (χ0) is 13.8. The van der Waals surface area contributed by atoms with E-state index in [-0.39, 0.29) is 12.1 Å². The lowest BCUT2D eigenvalue weighted by atomic mass is 10.2. The highest BCUT2D eigenvalue weighted by molar-refractivity contribution is 5.16. The molecule has 0 amide bonds. The van der Waals surface area contributed by atoms with Crippen LogP contribution in [-0.4, -0.2) is 19.3 Å². The average molecular weight is 261 g/mol. The smallest absolute Gasteiger partial charge is 0.255 e. The third-order valence-electron chi connectivity index (χ3n) is 3.12. The highest BCUT2D eigenvalue weighted by Gasteiger charge is 2.09. The Morgan fingerprint density at radius 1 is 1.37 bits per heavy atom. The number of pyridine rings is 1. The molecule has 0 spiro atoms. The molecule has 0 saturated heterocycles. The fourth-order valence-electron chi connectivity index (χ4n) is 2.02. The Morgan fingerprint density at radius 3 is 2.84 bits per heavy atom. The predicted molar refractivity (Wildman–Crippen MR) is 72.7 cm³/mol. The van der Waals surface area contributed by atoms with Gasteiger partial charge in [-0.15, -0.1) is 0 Å². The second kappa shape index (κ2) is 5.79. The molecular weight excluding hydrogens is 242 g/mol. The van der Waals surface area contributed by atoms with Crippen molar-refractivity contribution in [1.29, 1.82) is 0 Å². The van der Waals surface area contributed by atoms with Gasteiger partial charge in [-0.1, -0.05) is 13.0 Å². The molecule has 0 atom stereocenters. The zero-order valence-corrected chi connectivity index (χ0v) is 11.3. The van der Waals surface area contributed by atoms with Crippen molar-refractivity contribution in [2.24, 2.45) is 5.73 Å². The lowest BCUT2D eigenvalue weighted by Gasteiger charge is -2.11. The Morgan fingerprint density at radius 2 is 2.16 bits per heavy atom. The van der Waals surface area contributed by atoms with Crippen LogP contribution in [0.3, 0.4) is 0 Å². The molecule has 0 aliphatic heterocycles. The molecule has 2 heterocycles. The van der Waals surface area contributed by atoms with Gasteiger partial charge >= 0.3 is 0 Å². The number of aromatic nitrogens is 4. The quantitative estimate of drug-likeness (QED) is 0.857. The van der Waals surface area contributed by atoms with E-state index in [1.807, 2.05) is 17.7 Å². The Hall–Kier alpha value is -1.95. The lowest BCUT2D eigenvalue weighted by Crippen LogP contribution is -2.28. The molecule has 0 bridgehead atoms. The van der Waals surface area contributed by atoms with Crippen LogP contribution < -0.4 is 11.3 Å². The molecule has 102 valence electrons. The van der Waals surface area contributed by atoms with E-state index in [4.69, 9.17) is 5.73 Å². The van der Waals surface area contributed by atoms with E-state index in [0.29, 0.717) is 12.1 Å². The van der Waals surface area contributed by atoms with Crippen LogP contribution in [0.4, 0.5) is 0 Å². The fraction of sp³-hybridized carbons (Fsp3) is 0.462. The molecule has 2 aromatic heterocycles. The molecule has 0 aliphatic carbocycles. The van der Waals surface area contributed by atoms with Gasteiger partial charge in [0.25, 0.3) is 5.56 Å². The minimum atomic E-state index is -0.0476. The molecule has 6 nitrogen and oxygen atoms in total. The second-order valence-corrected chi connectivity index (χ2v) is 4.49. The third-order valence-corrected chi connectivity index (χ3v) is 3.12. The van der Waals surface area contributed by atoms with E-state index < -0.39 is 0 Å². The second-order valence-electron chi connectivity index (χ2n) is 4.49. The molecule has 6 heteroatoms. The largest absolute Gasteiger partial charge is 0.326 e. The van der Waals surface area contributed by atoms with Crippen molar-refractivity contribution in [3.05, 3.63) is 45.9 Å². The molecule has 2 aromatic rings. The van der Waals surface area contributed by atoms with E-state index in [2.05, 4.69) is 17.0 Å². The summed E-state index contributed by atoms with van der Waals surface area (Å²) in [5, 5.41) is 4.17. The van der Waals surface area contributed by atoms with Crippen molar-refractivity contribution in [1.82, 2.24) is 19.3 Å². The monoisotopic (exact) mass is 261 g/mol. The summed E-state index contributed by atoms with van der Waals surface area (Å²) in [6.07, 6.45) is 2.51. The van der Waals surface area contributed by atoms with Crippen molar-refractivity contribution >= 4 is 0 Å². The van der Waals surface area contributed by atoms with Crippen LogP contribution in [-0.2, 0) is 19.6 Å². The maximum Gasteiger partial charge on any atom is 0.255 e. The molecule has 0 unspecified atom stereocenters. The van der Waals surface area contributed by atoms with Crippen LogP contribution in [0.5, 0.6) is 0 Å². The Balaban J connectivity index is 2.38. The Labute approximate surface area is 111 Å². The van der Waals surface area contributed by atoms with E-state index in [1.165, 1.54) is 6.33 Å². The fourth-order valence-corrected chi connectivity index (χ4v) is 2.02. The lowest BCUT2D eigenvalue weighted by molar-refractivity contribution is 0.546. The number of rotatable bonds is 5. The topological polar surface area (TPSA) is 78.7 Å². The highest BCUT2D eigenvalue weighted by atomic mass is 16.1. The van der Waals surface area contributed by atoms with Gasteiger partial charge in [-0.3, -0.25) is 4.79 Å². The first kappa shape index (κ1) is 13.5. The van der Waals surface area contributed by atoms with Crippen LogP contribution in [0.15, 0.2) is 23.3 Å². The summed E-state index contributed by atoms with van der Waals surface area (Å²) in [5.74, 6) is 0.793. The SMILES string of the molecule is CCCn1ncnc1Cn1c(C)ccc(CN)c1=O. The van der Waals surface area contributed by atoms with Gasteiger partial charge < -0.3 is 10.3 Å². The van der Waals surface area contributed by atoms with Gasteiger partial charge in [0.1, 0.15) is 12.2 Å². The predicted octanol–water partition coefficient (Wildman–Crippen LogP) is 0.665. The van der Waals surface area contributed by atoms with E-state index in [1.54, 1.807) is 10.6 Å². The minimum Gasteiger partial charge on any atom is -0.326 e. The van der Waals surface area contributed by atoms with Crippen molar-refractivity contribution in [2.45, 2.75) is 39.9 Å². The minimum absolute atomic E-state index is 0.0476. The van der Waals surface area contributed by atoms with Crippen LogP contribution in [0.1, 0.15) is 30.4 Å². The van der Waals surface area contributed by atoms with Crippen LogP contribution in [0, 0.1) is 6.92 Å². The average Bonchev–Trinajstić information content (AvgIpc) is 2.82.